The number of anilines is 1. The molecule has 0 aromatic carbocycles. The van der Waals surface area contributed by atoms with Gasteiger partial charge >= 0.3 is 0 Å². The van der Waals surface area contributed by atoms with Crippen LogP contribution in [0, 0.1) is 0 Å². The van der Waals surface area contributed by atoms with E-state index in [0.717, 1.165) is 37.6 Å². The number of piperazine rings is 1. The molecular weight excluding hydrogens is 391 g/mol. The maximum Gasteiger partial charge on any atom is 0.189 e. The van der Waals surface area contributed by atoms with E-state index in [9.17, 15) is 0 Å². The lowest BCUT2D eigenvalue weighted by Crippen LogP contribution is -2.45. The number of aromatic nitrogens is 1. The van der Waals surface area contributed by atoms with E-state index in [4.69, 9.17) is 5.73 Å². The Morgan fingerprint density at radius 3 is 2.68 bits per heavy atom. The molecule has 1 saturated heterocycles. The van der Waals surface area contributed by atoms with Crippen molar-refractivity contribution in [2.75, 3.05) is 38.1 Å². The average molecular weight is 418 g/mol. The first kappa shape index (κ1) is 19.0. The van der Waals surface area contributed by atoms with Crippen LogP contribution in [-0.4, -0.2) is 55.1 Å². The topological polar surface area (TPSA) is 69.8 Å². The Kier molecular flexibility index (Phi) is 7.88. The molecule has 22 heavy (non-hydrogen) atoms. The van der Waals surface area contributed by atoms with Gasteiger partial charge in [0.15, 0.2) is 5.96 Å². The summed E-state index contributed by atoms with van der Waals surface area (Å²) in [6, 6.07) is 4.32. The summed E-state index contributed by atoms with van der Waals surface area (Å²) >= 11 is 0. The van der Waals surface area contributed by atoms with Gasteiger partial charge in [-0.05, 0) is 27.0 Å². The lowest BCUT2D eigenvalue weighted by atomic mass is 10.2. The number of nitrogens with two attached hydrogens (primary N) is 1. The van der Waals surface area contributed by atoms with E-state index in [2.05, 4.69) is 38.2 Å². The van der Waals surface area contributed by atoms with Crippen LogP contribution in [0.4, 0.5) is 5.82 Å². The molecule has 0 aliphatic carbocycles. The number of halogens is 1. The molecule has 3 N–H and O–H groups in total. The van der Waals surface area contributed by atoms with Gasteiger partial charge in [0.25, 0.3) is 0 Å². The van der Waals surface area contributed by atoms with E-state index in [0.29, 0.717) is 18.5 Å². The third-order valence-corrected chi connectivity index (χ3v) is 3.53. The van der Waals surface area contributed by atoms with Crippen LogP contribution in [0.5, 0.6) is 0 Å². The molecule has 7 heteroatoms. The van der Waals surface area contributed by atoms with Crippen LogP contribution < -0.4 is 16.0 Å². The van der Waals surface area contributed by atoms with Gasteiger partial charge in [-0.1, -0.05) is 6.07 Å². The minimum Gasteiger partial charge on any atom is -0.370 e. The smallest absolute Gasteiger partial charge is 0.189 e. The van der Waals surface area contributed by atoms with Crippen LogP contribution in [-0.2, 0) is 6.54 Å². The zero-order valence-electron chi connectivity index (χ0n) is 13.6. The average Bonchev–Trinajstić information content (AvgIpc) is 2.46. The summed E-state index contributed by atoms with van der Waals surface area (Å²) in [4.78, 5) is 13.6. The monoisotopic (exact) mass is 418 g/mol. The number of hydrogen-bond donors (Lipinski definition) is 2. The fourth-order valence-electron chi connectivity index (χ4n) is 2.37. The highest BCUT2D eigenvalue weighted by molar-refractivity contribution is 14.0. The summed E-state index contributed by atoms with van der Waals surface area (Å²) < 4.78 is 0. The first-order valence-electron chi connectivity index (χ1n) is 7.50. The van der Waals surface area contributed by atoms with Crippen molar-refractivity contribution >= 4 is 35.8 Å². The fourth-order valence-corrected chi connectivity index (χ4v) is 2.37. The summed E-state index contributed by atoms with van der Waals surface area (Å²) in [5.41, 5.74) is 6.99. The molecule has 0 saturated carbocycles. The number of aliphatic imine (C=N–C) groups is 1. The lowest BCUT2D eigenvalue weighted by Gasteiger charge is -2.34. The maximum absolute atomic E-state index is 5.87. The van der Waals surface area contributed by atoms with Gasteiger partial charge in [-0.15, -0.1) is 24.0 Å². The normalized spacial score (nSPS) is 16.5. The summed E-state index contributed by atoms with van der Waals surface area (Å²) in [6.45, 7) is 8.78. The predicted octanol–water partition coefficient (Wildman–Crippen LogP) is 1.26. The third-order valence-electron chi connectivity index (χ3n) is 3.53. The Labute approximate surface area is 150 Å². The fraction of sp³-hybridized carbons (Fsp3) is 0.600. The number of rotatable bonds is 4. The lowest BCUT2D eigenvalue weighted by molar-refractivity contribution is 0.312. The van der Waals surface area contributed by atoms with Crippen molar-refractivity contribution in [2.24, 2.45) is 10.7 Å². The Balaban J connectivity index is 0.00000242. The number of nitrogens with zero attached hydrogens (tertiary/aromatic N) is 4. The van der Waals surface area contributed by atoms with Crippen LogP contribution in [0.1, 0.15) is 19.4 Å². The van der Waals surface area contributed by atoms with Crippen LogP contribution in [0.25, 0.3) is 0 Å². The Bertz CT molecular complexity index is 483. The van der Waals surface area contributed by atoms with E-state index in [1.165, 1.54) is 0 Å². The second-order valence-electron chi connectivity index (χ2n) is 5.78. The van der Waals surface area contributed by atoms with Crippen molar-refractivity contribution in [1.29, 1.82) is 0 Å². The minimum atomic E-state index is 0. The van der Waals surface area contributed by atoms with Crippen molar-refractivity contribution in [1.82, 2.24) is 15.2 Å². The molecule has 6 nitrogen and oxygen atoms in total. The SMILES string of the molecule is CC(C)NC(N)=NCc1cccnc1N1CCN(C)CC1.I. The Morgan fingerprint density at radius 1 is 1.36 bits per heavy atom. The maximum atomic E-state index is 5.87. The Hall–Kier alpha value is -1.09. The van der Waals surface area contributed by atoms with Gasteiger partial charge in [-0.25, -0.2) is 9.98 Å². The van der Waals surface area contributed by atoms with Crippen LogP contribution in [0.3, 0.4) is 0 Å². The number of guanidine groups is 1. The first-order chi connectivity index (χ1) is 10.1. The van der Waals surface area contributed by atoms with Crippen LogP contribution >= 0.6 is 24.0 Å². The molecule has 1 aromatic rings. The molecule has 0 unspecified atom stereocenters. The van der Waals surface area contributed by atoms with Gasteiger partial charge < -0.3 is 20.9 Å². The molecule has 1 aliphatic rings. The molecule has 0 radical (unpaired) electrons. The number of hydrogen-bond acceptors (Lipinski definition) is 4. The molecule has 1 fully saturated rings. The molecule has 0 bridgehead atoms. The molecule has 1 aliphatic heterocycles. The largest absolute Gasteiger partial charge is 0.370 e. The van der Waals surface area contributed by atoms with Crippen molar-refractivity contribution in [3.63, 3.8) is 0 Å². The molecule has 0 atom stereocenters. The number of nitrogens with one attached hydrogen (secondary N) is 1. The molecule has 1 aromatic heterocycles. The molecule has 0 spiro atoms. The zero-order valence-corrected chi connectivity index (χ0v) is 15.9. The van der Waals surface area contributed by atoms with E-state index in [-0.39, 0.29) is 24.0 Å². The van der Waals surface area contributed by atoms with Gasteiger partial charge in [-0.2, -0.15) is 0 Å². The summed E-state index contributed by atoms with van der Waals surface area (Å²) in [7, 11) is 2.15. The van der Waals surface area contributed by atoms with E-state index < -0.39 is 0 Å². The van der Waals surface area contributed by atoms with Crippen molar-refractivity contribution < 1.29 is 0 Å². The quantitative estimate of drug-likeness (QED) is 0.438. The second-order valence-corrected chi connectivity index (χ2v) is 5.78. The van der Waals surface area contributed by atoms with E-state index in [1.807, 2.05) is 26.1 Å². The number of pyridine rings is 1. The molecule has 124 valence electrons. The third kappa shape index (κ3) is 5.60. The highest BCUT2D eigenvalue weighted by Crippen LogP contribution is 2.19. The van der Waals surface area contributed by atoms with Gasteiger partial charge in [0.1, 0.15) is 5.82 Å². The number of likely N-dealkylation sites (N-methyl/N-ethyl adjacent to an activating group) is 1. The molecule has 2 heterocycles. The van der Waals surface area contributed by atoms with Gasteiger partial charge in [-0.3, -0.25) is 0 Å². The first-order valence-corrected chi connectivity index (χ1v) is 7.50. The molecule has 0 amide bonds. The summed E-state index contributed by atoms with van der Waals surface area (Å²) in [5, 5.41) is 3.10. The van der Waals surface area contributed by atoms with Crippen molar-refractivity contribution in [3.05, 3.63) is 23.9 Å². The minimum absolute atomic E-state index is 0. The highest BCUT2D eigenvalue weighted by atomic mass is 127. The van der Waals surface area contributed by atoms with E-state index in [1.54, 1.807) is 0 Å². The van der Waals surface area contributed by atoms with Crippen LogP contribution in [0.15, 0.2) is 23.3 Å². The standard InChI is InChI=1S/C15H26N6.HI/c1-12(2)19-15(16)18-11-13-5-4-6-17-14(13)21-9-7-20(3)8-10-21;/h4-6,12H,7-11H2,1-3H3,(H3,16,18,19);1H. The van der Waals surface area contributed by atoms with Crippen molar-refractivity contribution in [2.45, 2.75) is 26.4 Å². The second kappa shape index (κ2) is 9.14. The van der Waals surface area contributed by atoms with Gasteiger partial charge in [0, 0.05) is 44.0 Å². The zero-order chi connectivity index (χ0) is 15.2. The Morgan fingerprint density at radius 2 is 2.05 bits per heavy atom. The summed E-state index contributed by atoms with van der Waals surface area (Å²) in [5.74, 6) is 1.52. The summed E-state index contributed by atoms with van der Waals surface area (Å²) in [6.07, 6.45) is 1.84. The van der Waals surface area contributed by atoms with Gasteiger partial charge in [0.05, 0.1) is 6.54 Å². The van der Waals surface area contributed by atoms with Crippen LogP contribution in [0.2, 0.25) is 0 Å². The van der Waals surface area contributed by atoms with Crippen molar-refractivity contribution in [3.8, 4) is 0 Å². The van der Waals surface area contributed by atoms with E-state index >= 15 is 0 Å². The van der Waals surface area contributed by atoms with Gasteiger partial charge in [0.2, 0.25) is 0 Å². The molecular formula is C15H27IN6. The highest BCUT2D eigenvalue weighted by Gasteiger charge is 2.17. The predicted molar refractivity (Wildman–Crippen MR) is 103 cm³/mol. The molecule has 2 rings (SSSR count).